The smallest absolute Gasteiger partial charge is 0.0299 e. The predicted octanol–water partition coefficient (Wildman–Crippen LogP) is 2.49. The van der Waals surface area contributed by atoms with Crippen molar-refractivity contribution in [3.8, 4) is 0 Å². The molecule has 86 valence electrons. The van der Waals surface area contributed by atoms with Gasteiger partial charge in [0.25, 0.3) is 0 Å². The molecule has 2 heteroatoms. The lowest BCUT2D eigenvalue weighted by Crippen LogP contribution is -2.30. The van der Waals surface area contributed by atoms with Crippen LogP contribution in [0.5, 0.6) is 0 Å². The van der Waals surface area contributed by atoms with Crippen molar-refractivity contribution in [2.75, 3.05) is 33.7 Å². The van der Waals surface area contributed by atoms with Crippen LogP contribution < -0.4 is 0 Å². The number of allylic oxidation sites excluding steroid dienone is 4. The summed E-state index contributed by atoms with van der Waals surface area (Å²) in [7, 11) is 4.37. The van der Waals surface area contributed by atoms with E-state index in [4.69, 9.17) is 0 Å². The Kier molecular flexibility index (Phi) is 4.89. The minimum absolute atomic E-state index is 1.13. The molecule has 0 saturated carbocycles. The Hall–Kier alpha value is -0.760. The molecule has 0 aromatic rings. The third-order valence-corrected chi connectivity index (χ3v) is 3.18. The maximum absolute atomic E-state index is 2.38. The second kappa shape index (κ2) is 5.96. The van der Waals surface area contributed by atoms with Gasteiger partial charge in [-0.05, 0) is 39.4 Å². The maximum Gasteiger partial charge on any atom is 0.0299 e. The molecule has 0 fully saturated rings. The van der Waals surface area contributed by atoms with E-state index in [-0.39, 0.29) is 0 Å². The monoisotopic (exact) mass is 208 g/mol. The van der Waals surface area contributed by atoms with Crippen molar-refractivity contribution >= 4 is 0 Å². The van der Waals surface area contributed by atoms with Crippen molar-refractivity contribution in [1.82, 2.24) is 9.80 Å². The first-order valence-electron chi connectivity index (χ1n) is 5.89. The molecule has 0 atom stereocenters. The maximum atomic E-state index is 2.38. The van der Waals surface area contributed by atoms with Crippen LogP contribution in [0.1, 0.15) is 26.7 Å². The summed E-state index contributed by atoms with van der Waals surface area (Å²) in [6.07, 6.45) is 6.94. The van der Waals surface area contributed by atoms with Crippen LogP contribution in [-0.4, -0.2) is 43.5 Å². The normalized spacial score (nSPS) is 16.3. The Morgan fingerprint density at radius 2 is 1.87 bits per heavy atom. The van der Waals surface area contributed by atoms with Crippen molar-refractivity contribution in [2.45, 2.75) is 26.7 Å². The topological polar surface area (TPSA) is 6.48 Å². The van der Waals surface area contributed by atoms with Gasteiger partial charge in [0.05, 0.1) is 0 Å². The first-order valence-corrected chi connectivity index (χ1v) is 5.89. The second-order valence-corrected chi connectivity index (χ2v) is 4.49. The van der Waals surface area contributed by atoms with Gasteiger partial charge in [-0.15, -0.1) is 0 Å². The Morgan fingerprint density at radius 1 is 1.13 bits per heavy atom. The van der Waals surface area contributed by atoms with Gasteiger partial charge in [-0.1, -0.05) is 18.6 Å². The molecule has 0 saturated heterocycles. The summed E-state index contributed by atoms with van der Waals surface area (Å²) < 4.78 is 0. The second-order valence-electron chi connectivity index (χ2n) is 4.49. The molecular weight excluding hydrogens is 184 g/mol. The van der Waals surface area contributed by atoms with Crippen molar-refractivity contribution < 1.29 is 0 Å². The van der Waals surface area contributed by atoms with E-state index in [9.17, 15) is 0 Å². The fourth-order valence-corrected chi connectivity index (χ4v) is 1.67. The van der Waals surface area contributed by atoms with E-state index in [1.165, 1.54) is 24.1 Å². The van der Waals surface area contributed by atoms with E-state index in [1.807, 2.05) is 0 Å². The molecule has 1 aliphatic carbocycles. The van der Waals surface area contributed by atoms with Crippen LogP contribution >= 0.6 is 0 Å². The van der Waals surface area contributed by atoms with Gasteiger partial charge < -0.3 is 9.80 Å². The van der Waals surface area contributed by atoms with Gasteiger partial charge in [-0.25, -0.2) is 0 Å². The summed E-state index contributed by atoms with van der Waals surface area (Å²) in [6.45, 7) is 7.81. The number of likely N-dealkylation sites (N-methyl/N-ethyl adjacent to an activating group) is 2. The highest BCUT2D eigenvalue weighted by atomic mass is 15.2. The molecule has 0 aromatic carbocycles. The first kappa shape index (κ1) is 12.3. The molecule has 1 aliphatic rings. The largest absolute Gasteiger partial charge is 0.377 e. The van der Waals surface area contributed by atoms with E-state index in [2.05, 4.69) is 49.9 Å². The molecule has 0 radical (unpaired) electrons. The summed E-state index contributed by atoms with van der Waals surface area (Å²) in [6, 6.07) is 0. The zero-order valence-electron chi connectivity index (χ0n) is 10.6. The fraction of sp³-hybridized carbons (Fsp3) is 0.692. The van der Waals surface area contributed by atoms with E-state index < -0.39 is 0 Å². The summed E-state index contributed by atoms with van der Waals surface area (Å²) in [5, 5.41) is 0. The van der Waals surface area contributed by atoms with Crippen LogP contribution in [0.15, 0.2) is 23.4 Å². The minimum Gasteiger partial charge on any atom is -0.377 e. The third-order valence-electron chi connectivity index (χ3n) is 3.18. The van der Waals surface area contributed by atoms with Gasteiger partial charge in [0, 0.05) is 25.8 Å². The molecule has 0 bridgehead atoms. The Balaban J connectivity index is 2.37. The van der Waals surface area contributed by atoms with Gasteiger partial charge in [-0.2, -0.15) is 0 Å². The van der Waals surface area contributed by atoms with Crippen molar-refractivity contribution in [3.05, 3.63) is 23.4 Å². The summed E-state index contributed by atoms with van der Waals surface area (Å²) in [4.78, 5) is 4.73. The lowest BCUT2D eigenvalue weighted by atomic mass is 10.0. The quantitative estimate of drug-likeness (QED) is 0.685. The van der Waals surface area contributed by atoms with Crippen LogP contribution in [0.2, 0.25) is 0 Å². The van der Waals surface area contributed by atoms with E-state index >= 15 is 0 Å². The Bertz CT molecular complexity index is 253. The molecule has 0 aromatic heterocycles. The SMILES string of the molecule is CCN(C)CCN(C)C1=CC=C(C)CC1. The highest BCUT2D eigenvalue weighted by molar-refractivity contribution is 5.21. The zero-order chi connectivity index (χ0) is 11.3. The Labute approximate surface area is 94.3 Å². The molecule has 15 heavy (non-hydrogen) atoms. The van der Waals surface area contributed by atoms with Crippen LogP contribution in [-0.2, 0) is 0 Å². The minimum atomic E-state index is 1.13. The molecular formula is C13H24N2. The van der Waals surface area contributed by atoms with Gasteiger partial charge in [0.2, 0.25) is 0 Å². The average Bonchev–Trinajstić information content (AvgIpc) is 2.26. The van der Waals surface area contributed by atoms with Crippen molar-refractivity contribution in [2.24, 2.45) is 0 Å². The van der Waals surface area contributed by atoms with Crippen LogP contribution in [0.25, 0.3) is 0 Å². The van der Waals surface area contributed by atoms with Gasteiger partial charge in [0.15, 0.2) is 0 Å². The number of hydrogen-bond acceptors (Lipinski definition) is 2. The summed E-state index contributed by atoms with van der Waals surface area (Å²) in [5.41, 5.74) is 2.97. The molecule has 0 N–H and O–H groups in total. The first-order chi connectivity index (χ1) is 7.13. The fourth-order valence-electron chi connectivity index (χ4n) is 1.67. The van der Waals surface area contributed by atoms with Crippen LogP contribution in [0, 0.1) is 0 Å². The standard InChI is InChI=1S/C13H24N2/c1-5-14(3)10-11-15(4)13-8-6-12(2)7-9-13/h6,8H,5,7,9-11H2,1-4H3. The predicted molar refractivity (Wildman–Crippen MR) is 66.9 cm³/mol. The highest BCUT2D eigenvalue weighted by Gasteiger charge is 2.08. The molecule has 1 rings (SSSR count). The number of nitrogens with zero attached hydrogens (tertiary/aromatic N) is 2. The number of rotatable bonds is 5. The zero-order valence-corrected chi connectivity index (χ0v) is 10.6. The lowest BCUT2D eigenvalue weighted by Gasteiger charge is -2.26. The van der Waals surface area contributed by atoms with E-state index in [1.54, 1.807) is 0 Å². The molecule has 0 amide bonds. The van der Waals surface area contributed by atoms with Gasteiger partial charge in [-0.3, -0.25) is 0 Å². The van der Waals surface area contributed by atoms with E-state index in [0.29, 0.717) is 0 Å². The molecule has 0 heterocycles. The van der Waals surface area contributed by atoms with Crippen molar-refractivity contribution in [1.29, 1.82) is 0 Å². The number of hydrogen-bond donors (Lipinski definition) is 0. The van der Waals surface area contributed by atoms with Crippen molar-refractivity contribution in [3.63, 3.8) is 0 Å². The molecule has 0 aliphatic heterocycles. The molecule has 2 nitrogen and oxygen atoms in total. The van der Waals surface area contributed by atoms with E-state index in [0.717, 1.165) is 19.6 Å². The van der Waals surface area contributed by atoms with Gasteiger partial charge >= 0.3 is 0 Å². The van der Waals surface area contributed by atoms with Crippen LogP contribution in [0.3, 0.4) is 0 Å². The summed E-state index contributed by atoms with van der Waals surface area (Å²) >= 11 is 0. The lowest BCUT2D eigenvalue weighted by molar-refractivity contribution is 0.291. The average molecular weight is 208 g/mol. The summed E-state index contributed by atoms with van der Waals surface area (Å²) in [5.74, 6) is 0. The Morgan fingerprint density at radius 3 is 2.40 bits per heavy atom. The van der Waals surface area contributed by atoms with Gasteiger partial charge in [0.1, 0.15) is 0 Å². The van der Waals surface area contributed by atoms with Crippen LogP contribution in [0.4, 0.5) is 0 Å². The third kappa shape index (κ3) is 4.08. The molecule has 0 spiro atoms. The highest BCUT2D eigenvalue weighted by Crippen LogP contribution is 2.19. The molecule has 0 unspecified atom stereocenters.